The predicted octanol–water partition coefficient (Wildman–Crippen LogP) is 1.28. The minimum Gasteiger partial charge on any atom is -0.548 e. The number of thioether (sulfide) groups is 1. The van der Waals surface area contributed by atoms with Crippen LogP contribution in [0, 0.1) is 6.92 Å². The standard InChI is InChI=1S/C17H20N2O5S.H3N/c1-9-7-14(25-8-11(17(21)22)19-10(2)20)15-12(23-3)5-6-13(24-4)16(15)18-9;/h5-7,11H,8H2,1-4H3,(H,19,20)(H,21,22);1H3. The average Bonchev–Trinajstić information content (AvgIpc) is 2.56. The molecule has 1 atom stereocenters. The summed E-state index contributed by atoms with van der Waals surface area (Å²) in [5, 5.41) is 14.3. The van der Waals surface area contributed by atoms with Crippen LogP contribution in [0.25, 0.3) is 10.9 Å². The van der Waals surface area contributed by atoms with Crippen LogP contribution in [0.1, 0.15) is 12.6 Å². The molecule has 1 aromatic heterocycles. The van der Waals surface area contributed by atoms with Crippen LogP contribution in [-0.4, -0.2) is 42.9 Å². The number of hydrogen-bond donors (Lipinski definition) is 2. The highest BCUT2D eigenvalue weighted by Crippen LogP contribution is 2.39. The highest BCUT2D eigenvalue weighted by molar-refractivity contribution is 7.99. The second-order valence-electron chi connectivity index (χ2n) is 5.34. The van der Waals surface area contributed by atoms with Gasteiger partial charge in [0.25, 0.3) is 0 Å². The SMILES string of the molecule is COc1ccc(OC)c2c(SCC(NC(C)=O)C(=O)[O-])cc(C)nc12.[NH4+]. The first-order chi connectivity index (χ1) is 11.9. The minimum atomic E-state index is -1.33. The zero-order valence-corrected chi connectivity index (χ0v) is 16.2. The molecule has 9 heteroatoms. The van der Waals surface area contributed by atoms with Crippen molar-refractivity contribution in [2.75, 3.05) is 20.0 Å². The smallest absolute Gasteiger partial charge is 0.217 e. The van der Waals surface area contributed by atoms with E-state index in [2.05, 4.69) is 10.3 Å². The molecule has 0 aliphatic carbocycles. The van der Waals surface area contributed by atoms with Gasteiger partial charge in [-0.3, -0.25) is 4.79 Å². The third kappa shape index (κ3) is 4.77. The number of methoxy groups -OCH3 is 2. The molecule has 8 nitrogen and oxygen atoms in total. The largest absolute Gasteiger partial charge is 0.548 e. The van der Waals surface area contributed by atoms with Crippen molar-refractivity contribution in [3.8, 4) is 11.5 Å². The molecule has 2 aromatic rings. The van der Waals surface area contributed by atoms with E-state index in [1.54, 1.807) is 26.4 Å². The van der Waals surface area contributed by atoms with Crippen molar-refractivity contribution in [1.82, 2.24) is 16.5 Å². The van der Waals surface area contributed by atoms with Crippen LogP contribution in [0.15, 0.2) is 23.1 Å². The van der Waals surface area contributed by atoms with Gasteiger partial charge in [-0.25, -0.2) is 4.98 Å². The van der Waals surface area contributed by atoms with E-state index in [1.165, 1.54) is 18.7 Å². The molecule has 0 bridgehead atoms. The maximum atomic E-state index is 11.2. The highest BCUT2D eigenvalue weighted by Gasteiger charge is 2.17. The fourth-order valence-corrected chi connectivity index (χ4v) is 3.57. The molecule has 0 fully saturated rings. The number of ether oxygens (including phenoxy) is 2. The number of quaternary nitrogens is 1. The molecule has 1 aromatic carbocycles. The highest BCUT2D eigenvalue weighted by atomic mass is 32.2. The lowest BCUT2D eigenvalue weighted by atomic mass is 10.1. The van der Waals surface area contributed by atoms with E-state index in [1.807, 2.05) is 13.0 Å². The molecular weight excluding hydrogens is 358 g/mol. The summed E-state index contributed by atoms with van der Waals surface area (Å²) < 4.78 is 10.8. The van der Waals surface area contributed by atoms with Gasteiger partial charge in [-0.05, 0) is 25.1 Å². The molecule has 26 heavy (non-hydrogen) atoms. The maximum absolute atomic E-state index is 11.2. The monoisotopic (exact) mass is 381 g/mol. The van der Waals surface area contributed by atoms with Crippen LogP contribution in [0.3, 0.4) is 0 Å². The third-order valence-corrected chi connectivity index (χ3v) is 4.62. The Morgan fingerprint density at radius 3 is 2.42 bits per heavy atom. The van der Waals surface area contributed by atoms with Gasteiger partial charge in [0.1, 0.15) is 17.0 Å². The number of aliphatic carboxylic acids is 1. The summed E-state index contributed by atoms with van der Waals surface area (Å²) in [6.45, 7) is 3.10. The summed E-state index contributed by atoms with van der Waals surface area (Å²) in [6, 6.07) is 4.28. The average molecular weight is 381 g/mol. The Labute approximate surface area is 155 Å². The van der Waals surface area contributed by atoms with E-state index < -0.39 is 17.9 Å². The quantitative estimate of drug-likeness (QED) is 0.689. The fraction of sp³-hybridized carbons (Fsp3) is 0.353. The molecule has 0 radical (unpaired) electrons. The van der Waals surface area contributed by atoms with E-state index in [0.717, 1.165) is 16.0 Å². The van der Waals surface area contributed by atoms with Crippen molar-refractivity contribution >= 4 is 34.5 Å². The van der Waals surface area contributed by atoms with E-state index in [-0.39, 0.29) is 11.9 Å². The van der Waals surface area contributed by atoms with E-state index in [0.29, 0.717) is 17.0 Å². The fourth-order valence-electron chi connectivity index (χ4n) is 2.41. The Balaban J connectivity index is 0.00000338. The van der Waals surface area contributed by atoms with Gasteiger partial charge < -0.3 is 30.8 Å². The lowest BCUT2D eigenvalue weighted by molar-refractivity contribution is -0.307. The second kappa shape index (κ2) is 9.25. The van der Waals surface area contributed by atoms with Gasteiger partial charge in [0.2, 0.25) is 5.91 Å². The first kappa shape index (κ1) is 21.5. The normalized spacial score (nSPS) is 11.4. The van der Waals surface area contributed by atoms with E-state index in [4.69, 9.17) is 9.47 Å². The number of carboxylic acids is 1. The molecule has 142 valence electrons. The van der Waals surface area contributed by atoms with Gasteiger partial charge in [0, 0.05) is 23.3 Å². The lowest BCUT2D eigenvalue weighted by Crippen LogP contribution is -2.48. The van der Waals surface area contributed by atoms with Crippen molar-refractivity contribution < 1.29 is 24.2 Å². The summed E-state index contributed by atoms with van der Waals surface area (Å²) in [7, 11) is 3.11. The summed E-state index contributed by atoms with van der Waals surface area (Å²) in [5.74, 6) is -0.442. The number of carboxylic acid groups (broad SMARTS) is 1. The molecule has 0 aliphatic heterocycles. The molecule has 1 heterocycles. The molecule has 0 saturated heterocycles. The number of nitrogens with one attached hydrogen (secondary N) is 1. The Morgan fingerprint density at radius 1 is 1.27 bits per heavy atom. The Hall–Kier alpha value is -2.52. The number of rotatable bonds is 7. The number of nitrogens with zero attached hydrogens (tertiary/aromatic N) is 1. The molecule has 0 saturated carbocycles. The van der Waals surface area contributed by atoms with Crippen LogP contribution in [0.5, 0.6) is 11.5 Å². The Kier molecular flexibility index (Phi) is 7.66. The predicted molar refractivity (Wildman–Crippen MR) is 98.9 cm³/mol. The molecule has 1 unspecified atom stereocenters. The summed E-state index contributed by atoms with van der Waals surface area (Å²) >= 11 is 1.28. The van der Waals surface area contributed by atoms with Gasteiger partial charge in [-0.2, -0.15) is 0 Å². The van der Waals surface area contributed by atoms with Crippen LogP contribution < -0.4 is 26.0 Å². The van der Waals surface area contributed by atoms with E-state index >= 15 is 0 Å². The number of amides is 1. The zero-order valence-electron chi connectivity index (χ0n) is 15.4. The second-order valence-corrected chi connectivity index (χ2v) is 6.40. The molecular formula is C17H23N3O5S. The zero-order chi connectivity index (χ0) is 18.6. The maximum Gasteiger partial charge on any atom is 0.217 e. The number of aryl methyl sites for hydroxylation is 1. The van der Waals surface area contributed by atoms with Gasteiger partial charge in [-0.1, -0.05) is 0 Å². The first-order valence-corrected chi connectivity index (χ1v) is 8.49. The number of fused-ring (bicyclic) bond motifs is 1. The number of benzene rings is 1. The Bertz CT molecular complexity index is 813. The van der Waals surface area contributed by atoms with Crippen LogP contribution in [0.4, 0.5) is 0 Å². The first-order valence-electron chi connectivity index (χ1n) is 7.50. The Morgan fingerprint density at radius 2 is 1.88 bits per heavy atom. The van der Waals surface area contributed by atoms with Gasteiger partial charge in [-0.15, -0.1) is 11.8 Å². The van der Waals surface area contributed by atoms with Crippen LogP contribution in [-0.2, 0) is 9.59 Å². The molecule has 5 N–H and O–H groups in total. The summed E-state index contributed by atoms with van der Waals surface area (Å²) in [4.78, 5) is 27.7. The number of pyridine rings is 1. The van der Waals surface area contributed by atoms with Gasteiger partial charge >= 0.3 is 0 Å². The molecule has 1 amide bonds. The summed E-state index contributed by atoms with van der Waals surface area (Å²) in [6.07, 6.45) is 0. The van der Waals surface area contributed by atoms with Crippen molar-refractivity contribution in [1.29, 1.82) is 0 Å². The van der Waals surface area contributed by atoms with E-state index in [9.17, 15) is 14.7 Å². The minimum absolute atomic E-state index is 0. The van der Waals surface area contributed by atoms with Crippen molar-refractivity contribution in [3.63, 3.8) is 0 Å². The van der Waals surface area contributed by atoms with Crippen molar-refractivity contribution in [2.24, 2.45) is 0 Å². The van der Waals surface area contributed by atoms with Gasteiger partial charge in [0.05, 0.1) is 31.6 Å². The number of carbonyl (C=O) groups excluding carboxylic acids is 2. The van der Waals surface area contributed by atoms with Crippen LogP contribution >= 0.6 is 11.8 Å². The molecule has 0 spiro atoms. The number of carbonyl (C=O) groups is 2. The van der Waals surface area contributed by atoms with Gasteiger partial charge in [0.15, 0.2) is 0 Å². The topological polar surface area (TPSA) is 137 Å². The third-order valence-electron chi connectivity index (χ3n) is 3.48. The lowest BCUT2D eigenvalue weighted by Gasteiger charge is -2.19. The molecule has 0 aliphatic rings. The number of aromatic nitrogens is 1. The van der Waals surface area contributed by atoms with Crippen molar-refractivity contribution in [2.45, 2.75) is 24.8 Å². The van der Waals surface area contributed by atoms with Crippen molar-refractivity contribution in [3.05, 3.63) is 23.9 Å². The van der Waals surface area contributed by atoms with Crippen LogP contribution in [0.2, 0.25) is 0 Å². The summed E-state index contributed by atoms with van der Waals surface area (Å²) in [5.41, 5.74) is 1.39. The number of hydrogen-bond acceptors (Lipinski definition) is 7. The molecule has 2 rings (SSSR count).